The number of aryl methyl sites for hydroxylation is 2. The summed E-state index contributed by atoms with van der Waals surface area (Å²) in [6.07, 6.45) is 7.03. The third kappa shape index (κ3) is 3.52. The van der Waals surface area contributed by atoms with Crippen LogP contribution in [0.1, 0.15) is 43.3 Å². The minimum atomic E-state index is 0.196. The smallest absolute Gasteiger partial charge is 0.223 e. The van der Waals surface area contributed by atoms with E-state index >= 15 is 0 Å². The third-order valence-electron chi connectivity index (χ3n) is 4.02. The standard InChI is InChI=1S/C15H21N5O2/c1-12-17-15(18-22-12)13-5-2-8-19(11-13)14(21)6-3-9-20-10-4-7-16-20/h4,7,10,13H,2-3,5-6,8-9,11H2,1H3/t13-/m0/s1. The molecule has 7 heteroatoms. The second kappa shape index (κ2) is 6.72. The Balaban J connectivity index is 1.49. The highest BCUT2D eigenvalue weighted by atomic mass is 16.5. The van der Waals surface area contributed by atoms with E-state index in [2.05, 4.69) is 15.2 Å². The van der Waals surface area contributed by atoms with Crippen LogP contribution in [-0.2, 0) is 11.3 Å². The maximum absolute atomic E-state index is 12.3. The average Bonchev–Trinajstić information content (AvgIpc) is 3.19. The van der Waals surface area contributed by atoms with Gasteiger partial charge < -0.3 is 9.42 Å². The van der Waals surface area contributed by atoms with Gasteiger partial charge in [0.2, 0.25) is 11.8 Å². The summed E-state index contributed by atoms with van der Waals surface area (Å²) in [6.45, 7) is 4.09. The Kier molecular flexibility index (Phi) is 4.50. The number of carbonyl (C=O) groups excluding carboxylic acids is 1. The van der Waals surface area contributed by atoms with Crippen molar-refractivity contribution in [3.63, 3.8) is 0 Å². The van der Waals surface area contributed by atoms with E-state index in [1.165, 1.54) is 0 Å². The van der Waals surface area contributed by atoms with Gasteiger partial charge in [0, 0.05) is 51.3 Å². The molecule has 3 rings (SSSR count). The second-order valence-corrected chi connectivity index (χ2v) is 5.72. The first-order valence-electron chi connectivity index (χ1n) is 7.78. The molecular formula is C15H21N5O2. The summed E-state index contributed by atoms with van der Waals surface area (Å²) in [5.41, 5.74) is 0. The van der Waals surface area contributed by atoms with Crippen LogP contribution in [0, 0.1) is 6.92 Å². The number of hydrogen-bond donors (Lipinski definition) is 0. The van der Waals surface area contributed by atoms with E-state index in [-0.39, 0.29) is 11.8 Å². The summed E-state index contributed by atoms with van der Waals surface area (Å²) in [7, 11) is 0. The molecule has 2 aromatic heterocycles. The first kappa shape index (κ1) is 14.7. The maximum Gasteiger partial charge on any atom is 0.223 e. The fourth-order valence-corrected chi connectivity index (χ4v) is 2.88. The molecule has 0 N–H and O–H groups in total. The van der Waals surface area contributed by atoms with Crippen LogP contribution in [0.15, 0.2) is 23.0 Å². The number of nitrogens with zero attached hydrogens (tertiary/aromatic N) is 5. The molecule has 0 aliphatic carbocycles. The minimum absolute atomic E-state index is 0.196. The van der Waals surface area contributed by atoms with Crippen LogP contribution < -0.4 is 0 Å². The lowest BCUT2D eigenvalue weighted by Crippen LogP contribution is -2.39. The highest BCUT2D eigenvalue weighted by Gasteiger charge is 2.27. The molecule has 2 aromatic rings. The van der Waals surface area contributed by atoms with E-state index in [9.17, 15) is 4.79 Å². The number of piperidine rings is 1. The summed E-state index contributed by atoms with van der Waals surface area (Å²) in [6, 6.07) is 1.89. The van der Waals surface area contributed by atoms with Crippen LogP contribution in [0.5, 0.6) is 0 Å². The lowest BCUT2D eigenvalue weighted by molar-refractivity contribution is -0.132. The first-order valence-corrected chi connectivity index (χ1v) is 7.78. The first-order chi connectivity index (χ1) is 10.7. The Morgan fingerprint density at radius 3 is 3.14 bits per heavy atom. The van der Waals surface area contributed by atoms with Crippen molar-refractivity contribution in [2.24, 2.45) is 0 Å². The van der Waals surface area contributed by atoms with Gasteiger partial charge in [0.15, 0.2) is 5.82 Å². The molecule has 1 saturated heterocycles. The highest BCUT2D eigenvalue weighted by molar-refractivity contribution is 5.76. The SMILES string of the molecule is Cc1nc([C@H]2CCCN(C(=O)CCCn3cccn3)C2)no1. The Bertz CT molecular complexity index is 607. The number of amides is 1. The van der Waals surface area contributed by atoms with Crippen molar-refractivity contribution >= 4 is 5.91 Å². The lowest BCUT2D eigenvalue weighted by atomic mass is 9.97. The number of rotatable bonds is 5. The Hall–Kier alpha value is -2.18. The molecule has 0 spiro atoms. The molecule has 1 fully saturated rings. The highest BCUT2D eigenvalue weighted by Crippen LogP contribution is 2.25. The van der Waals surface area contributed by atoms with Gasteiger partial charge in [-0.05, 0) is 25.3 Å². The summed E-state index contributed by atoms with van der Waals surface area (Å²) >= 11 is 0. The molecule has 1 aliphatic rings. The number of likely N-dealkylation sites (tertiary alicyclic amines) is 1. The Morgan fingerprint density at radius 1 is 1.50 bits per heavy atom. The van der Waals surface area contributed by atoms with Crippen LogP contribution in [0.2, 0.25) is 0 Å². The molecule has 1 amide bonds. The quantitative estimate of drug-likeness (QED) is 0.841. The van der Waals surface area contributed by atoms with Crippen molar-refractivity contribution in [1.29, 1.82) is 0 Å². The predicted octanol–water partition coefficient (Wildman–Crippen LogP) is 1.76. The van der Waals surface area contributed by atoms with Crippen molar-refractivity contribution in [3.05, 3.63) is 30.2 Å². The fourth-order valence-electron chi connectivity index (χ4n) is 2.88. The number of hydrogen-bond acceptors (Lipinski definition) is 5. The van der Waals surface area contributed by atoms with Crippen molar-refractivity contribution in [2.75, 3.05) is 13.1 Å². The molecule has 22 heavy (non-hydrogen) atoms. The largest absolute Gasteiger partial charge is 0.342 e. The van der Waals surface area contributed by atoms with Gasteiger partial charge >= 0.3 is 0 Å². The topological polar surface area (TPSA) is 77.1 Å². The zero-order chi connectivity index (χ0) is 15.4. The van der Waals surface area contributed by atoms with Crippen molar-refractivity contribution in [1.82, 2.24) is 24.8 Å². The van der Waals surface area contributed by atoms with Crippen LogP contribution in [-0.4, -0.2) is 43.8 Å². The van der Waals surface area contributed by atoms with Gasteiger partial charge in [-0.25, -0.2) is 0 Å². The van der Waals surface area contributed by atoms with E-state index in [0.29, 0.717) is 18.9 Å². The van der Waals surface area contributed by atoms with E-state index in [4.69, 9.17) is 4.52 Å². The van der Waals surface area contributed by atoms with E-state index < -0.39 is 0 Å². The van der Waals surface area contributed by atoms with Gasteiger partial charge in [0.1, 0.15) is 0 Å². The minimum Gasteiger partial charge on any atom is -0.342 e. The maximum atomic E-state index is 12.3. The number of aromatic nitrogens is 4. The average molecular weight is 303 g/mol. The summed E-state index contributed by atoms with van der Waals surface area (Å²) < 4.78 is 6.90. The molecule has 1 aliphatic heterocycles. The molecule has 118 valence electrons. The van der Waals surface area contributed by atoms with Gasteiger partial charge in [0.25, 0.3) is 0 Å². The lowest BCUT2D eigenvalue weighted by Gasteiger charge is -2.31. The molecule has 7 nitrogen and oxygen atoms in total. The third-order valence-corrected chi connectivity index (χ3v) is 4.02. The molecule has 0 saturated carbocycles. The Labute approximate surface area is 129 Å². The van der Waals surface area contributed by atoms with Crippen LogP contribution in [0.25, 0.3) is 0 Å². The van der Waals surface area contributed by atoms with Gasteiger partial charge in [-0.1, -0.05) is 5.16 Å². The summed E-state index contributed by atoms with van der Waals surface area (Å²) in [5, 5.41) is 8.14. The molecular weight excluding hydrogens is 282 g/mol. The van der Waals surface area contributed by atoms with Crippen LogP contribution in [0.3, 0.4) is 0 Å². The molecule has 0 bridgehead atoms. The van der Waals surface area contributed by atoms with Gasteiger partial charge in [-0.3, -0.25) is 9.48 Å². The molecule has 3 heterocycles. The predicted molar refractivity (Wildman–Crippen MR) is 79.1 cm³/mol. The van der Waals surface area contributed by atoms with Crippen molar-refractivity contribution in [2.45, 2.75) is 45.1 Å². The molecule has 0 aromatic carbocycles. The zero-order valence-corrected chi connectivity index (χ0v) is 12.8. The zero-order valence-electron chi connectivity index (χ0n) is 12.8. The van der Waals surface area contributed by atoms with E-state index in [1.54, 1.807) is 13.1 Å². The van der Waals surface area contributed by atoms with Crippen molar-refractivity contribution < 1.29 is 9.32 Å². The van der Waals surface area contributed by atoms with Crippen molar-refractivity contribution in [3.8, 4) is 0 Å². The fraction of sp³-hybridized carbons (Fsp3) is 0.600. The molecule has 1 atom stereocenters. The van der Waals surface area contributed by atoms with Gasteiger partial charge in [-0.2, -0.15) is 10.1 Å². The van der Waals surface area contributed by atoms with E-state index in [1.807, 2.05) is 21.8 Å². The van der Waals surface area contributed by atoms with Gasteiger partial charge in [0.05, 0.1) is 0 Å². The van der Waals surface area contributed by atoms with Crippen LogP contribution >= 0.6 is 0 Å². The monoisotopic (exact) mass is 303 g/mol. The summed E-state index contributed by atoms with van der Waals surface area (Å²) in [4.78, 5) is 18.6. The van der Waals surface area contributed by atoms with E-state index in [0.717, 1.165) is 38.2 Å². The molecule has 0 unspecified atom stereocenters. The van der Waals surface area contributed by atoms with Gasteiger partial charge in [-0.15, -0.1) is 0 Å². The van der Waals surface area contributed by atoms with Crippen LogP contribution in [0.4, 0.5) is 0 Å². The normalized spacial score (nSPS) is 18.6. The summed E-state index contributed by atoms with van der Waals surface area (Å²) in [5.74, 6) is 1.71. The number of carbonyl (C=O) groups is 1. The Morgan fingerprint density at radius 2 is 2.41 bits per heavy atom. The second-order valence-electron chi connectivity index (χ2n) is 5.72. The molecule has 0 radical (unpaired) electrons.